The summed E-state index contributed by atoms with van der Waals surface area (Å²) < 4.78 is 6.77. The first-order valence-corrected chi connectivity index (χ1v) is 7.00. The maximum absolute atomic E-state index is 6.18. The van der Waals surface area contributed by atoms with Crippen molar-refractivity contribution in [3.05, 3.63) is 52.0 Å². The van der Waals surface area contributed by atoms with Crippen molar-refractivity contribution in [3.8, 4) is 5.75 Å². The molecule has 0 amide bonds. The Bertz CT molecular complexity index is 589. The summed E-state index contributed by atoms with van der Waals surface area (Å²) in [6, 6.07) is 5.74. The zero-order valence-electron chi connectivity index (χ0n) is 10.3. The minimum atomic E-state index is -0.219. The van der Waals surface area contributed by atoms with E-state index in [1.165, 1.54) is 5.56 Å². The normalized spacial score (nSPS) is 14.8. The molecule has 0 bridgehead atoms. The van der Waals surface area contributed by atoms with Crippen LogP contribution in [0.4, 0.5) is 0 Å². The van der Waals surface area contributed by atoms with Crippen molar-refractivity contribution in [1.29, 1.82) is 0 Å². The average molecular weight is 320 g/mol. The molecule has 2 aromatic rings. The number of nitrogens with zero attached hydrogens (tertiary/aromatic N) is 2. The summed E-state index contributed by atoms with van der Waals surface area (Å²) in [5.74, 6) is 1.64. The lowest BCUT2D eigenvalue weighted by atomic mass is 10.0. The zero-order valence-corrected chi connectivity index (χ0v) is 11.9. The summed E-state index contributed by atoms with van der Waals surface area (Å²) in [4.78, 5) is 8.40. The van der Waals surface area contributed by atoms with Crippen molar-refractivity contribution < 1.29 is 4.74 Å². The van der Waals surface area contributed by atoms with Gasteiger partial charge in [0.15, 0.2) is 0 Å². The van der Waals surface area contributed by atoms with Gasteiger partial charge in [-0.05, 0) is 35.7 Å². The van der Waals surface area contributed by atoms with Gasteiger partial charge in [0.05, 0.1) is 12.6 Å². The molecule has 0 saturated carbocycles. The van der Waals surface area contributed by atoms with Crippen LogP contribution in [-0.2, 0) is 12.8 Å². The summed E-state index contributed by atoms with van der Waals surface area (Å²) >= 11 is 3.53. The predicted molar refractivity (Wildman–Crippen MR) is 76.0 cm³/mol. The van der Waals surface area contributed by atoms with E-state index in [1.807, 2.05) is 0 Å². The highest BCUT2D eigenvalue weighted by Gasteiger charge is 2.20. The average Bonchev–Trinajstić information content (AvgIpc) is 2.88. The van der Waals surface area contributed by atoms with E-state index >= 15 is 0 Å². The van der Waals surface area contributed by atoms with E-state index < -0.39 is 0 Å². The molecule has 1 aromatic heterocycles. The van der Waals surface area contributed by atoms with Gasteiger partial charge >= 0.3 is 0 Å². The van der Waals surface area contributed by atoms with E-state index in [4.69, 9.17) is 10.5 Å². The van der Waals surface area contributed by atoms with Crippen molar-refractivity contribution in [2.24, 2.45) is 5.73 Å². The second kappa shape index (κ2) is 5.27. The highest BCUT2D eigenvalue weighted by atomic mass is 79.9. The minimum absolute atomic E-state index is 0.219. The molecule has 1 unspecified atom stereocenters. The summed E-state index contributed by atoms with van der Waals surface area (Å²) in [6.07, 6.45) is 5.05. The third-order valence-electron chi connectivity index (χ3n) is 3.18. The van der Waals surface area contributed by atoms with Gasteiger partial charge in [-0.3, -0.25) is 0 Å². The Labute approximate surface area is 120 Å². The quantitative estimate of drug-likeness (QED) is 0.943. The van der Waals surface area contributed by atoms with Gasteiger partial charge in [-0.2, -0.15) is 0 Å². The van der Waals surface area contributed by atoms with E-state index in [1.54, 1.807) is 18.5 Å². The molecule has 1 aliphatic rings. The summed E-state index contributed by atoms with van der Waals surface area (Å²) in [5, 5.41) is 0. The lowest BCUT2D eigenvalue weighted by molar-refractivity contribution is 0.352. The molecular weight excluding hydrogens is 306 g/mol. The molecule has 0 saturated heterocycles. The number of rotatable bonds is 3. The molecule has 2 heterocycles. The fourth-order valence-corrected chi connectivity index (χ4v) is 2.88. The second-order valence-corrected chi connectivity index (χ2v) is 5.48. The van der Waals surface area contributed by atoms with Crippen LogP contribution in [-0.4, -0.2) is 16.6 Å². The summed E-state index contributed by atoms with van der Waals surface area (Å²) in [5.41, 5.74) is 8.53. The predicted octanol–water partition coefficient (Wildman–Crippen LogP) is 2.42. The molecule has 98 valence electrons. The number of ether oxygens (including phenoxy) is 1. The lowest BCUT2D eigenvalue weighted by Crippen LogP contribution is -2.16. The lowest BCUT2D eigenvalue weighted by Gasteiger charge is -2.13. The third kappa shape index (κ3) is 2.62. The Balaban J connectivity index is 1.88. The van der Waals surface area contributed by atoms with Crippen molar-refractivity contribution in [2.45, 2.75) is 18.9 Å². The highest BCUT2D eigenvalue weighted by Crippen LogP contribution is 2.34. The molecule has 1 atom stereocenters. The number of halogens is 1. The van der Waals surface area contributed by atoms with Crippen LogP contribution in [0.25, 0.3) is 0 Å². The Hall–Kier alpha value is -1.46. The Kier molecular flexibility index (Phi) is 3.48. The van der Waals surface area contributed by atoms with Crippen LogP contribution in [0.2, 0.25) is 0 Å². The van der Waals surface area contributed by atoms with E-state index in [0.717, 1.165) is 28.8 Å². The SMILES string of the molecule is NC(Cc1cc(Br)cc2c1OCC2)c1ncccn1. The Morgan fingerprint density at radius 3 is 2.89 bits per heavy atom. The number of hydrogen-bond acceptors (Lipinski definition) is 4. The zero-order chi connectivity index (χ0) is 13.2. The van der Waals surface area contributed by atoms with Crippen molar-refractivity contribution in [1.82, 2.24) is 9.97 Å². The van der Waals surface area contributed by atoms with Gasteiger partial charge in [0.1, 0.15) is 11.6 Å². The molecule has 2 N–H and O–H groups in total. The number of hydrogen-bond donors (Lipinski definition) is 1. The van der Waals surface area contributed by atoms with Gasteiger partial charge in [0.25, 0.3) is 0 Å². The summed E-state index contributed by atoms with van der Waals surface area (Å²) in [7, 11) is 0. The first kappa shape index (κ1) is 12.6. The fourth-order valence-electron chi connectivity index (χ4n) is 2.33. The van der Waals surface area contributed by atoms with Crippen LogP contribution in [0.5, 0.6) is 5.75 Å². The van der Waals surface area contributed by atoms with Crippen LogP contribution in [0.15, 0.2) is 35.1 Å². The number of nitrogens with two attached hydrogens (primary N) is 1. The molecule has 0 fully saturated rings. The maximum Gasteiger partial charge on any atom is 0.145 e. The molecule has 1 aromatic carbocycles. The Morgan fingerprint density at radius 1 is 1.32 bits per heavy atom. The number of benzene rings is 1. The summed E-state index contributed by atoms with van der Waals surface area (Å²) in [6.45, 7) is 0.746. The van der Waals surface area contributed by atoms with Gasteiger partial charge in [-0.15, -0.1) is 0 Å². The monoisotopic (exact) mass is 319 g/mol. The van der Waals surface area contributed by atoms with Gasteiger partial charge in [0, 0.05) is 23.3 Å². The maximum atomic E-state index is 6.18. The fraction of sp³-hybridized carbons (Fsp3) is 0.286. The largest absolute Gasteiger partial charge is 0.493 e. The van der Waals surface area contributed by atoms with Crippen LogP contribution in [0, 0.1) is 0 Å². The second-order valence-electron chi connectivity index (χ2n) is 4.57. The van der Waals surface area contributed by atoms with Crippen LogP contribution in [0.3, 0.4) is 0 Å². The standard InChI is InChI=1S/C14H14BrN3O/c15-11-6-9-2-5-19-13(9)10(7-11)8-12(16)14-17-3-1-4-18-14/h1,3-4,6-7,12H,2,5,8,16H2. The Morgan fingerprint density at radius 2 is 2.11 bits per heavy atom. The third-order valence-corrected chi connectivity index (χ3v) is 3.64. The van der Waals surface area contributed by atoms with Crippen molar-refractivity contribution in [2.75, 3.05) is 6.61 Å². The van der Waals surface area contributed by atoms with Crippen LogP contribution < -0.4 is 10.5 Å². The number of fused-ring (bicyclic) bond motifs is 1. The number of aromatic nitrogens is 2. The van der Waals surface area contributed by atoms with Crippen molar-refractivity contribution in [3.63, 3.8) is 0 Å². The smallest absolute Gasteiger partial charge is 0.145 e. The van der Waals surface area contributed by atoms with E-state index in [-0.39, 0.29) is 6.04 Å². The molecule has 0 aliphatic carbocycles. The molecule has 4 nitrogen and oxygen atoms in total. The molecule has 3 rings (SSSR count). The van der Waals surface area contributed by atoms with Crippen LogP contribution in [0.1, 0.15) is 23.0 Å². The first-order chi connectivity index (χ1) is 9.24. The van der Waals surface area contributed by atoms with E-state index in [0.29, 0.717) is 12.2 Å². The highest BCUT2D eigenvalue weighted by molar-refractivity contribution is 9.10. The van der Waals surface area contributed by atoms with Gasteiger partial charge < -0.3 is 10.5 Å². The molecular formula is C14H14BrN3O. The van der Waals surface area contributed by atoms with Crippen molar-refractivity contribution >= 4 is 15.9 Å². The first-order valence-electron chi connectivity index (χ1n) is 6.20. The van der Waals surface area contributed by atoms with Gasteiger partial charge in [-0.25, -0.2) is 9.97 Å². The van der Waals surface area contributed by atoms with E-state index in [9.17, 15) is 0 Å². The van der Waals surface area contributed by atoms with Gasteiger partial charge in [0.2, 0.25) is 0 Å². The molecule has 0 radical (unpaired) electrons. The molecule has 0 spiro atoms. The molecule has 1 aliphatic heterocycles. The topological polar surface area (TPSA) is 61.0 Å². The van der Waals surface area contributed by atoms with E-state index in [2.05, 4.69) is 38.0 Å². The minimum Gasteiger partial charge on any atom is -0.493 e. The molecule has 19 heavy (non-hydrogen) atoms. The van der Waals surface area contributed by atoms with Gasteiger partial charge in [-0.1, -0.05) is 15.9 Å². The van der Waals surface area contributed by atoms with Crippen LogP contribution >= 0.6 is 15.9 Å². The molecule has 5 heteroatoms.